The molecular formula is C23H22N2O4S. The zero-order chi connectivity index (χ0) is 21.5. The van der Waals surface area contributed by atoms with Crippen molar-refractivity contribution in [1.82, 2.24) is 4.98 Å². The minimum absolute atomic E-state index is 0.0309. The molecule has 0 fully saturated rings. The number of rotatable bonds is 8. The molecule has 30 heavy (non-hydrogen) atoms. The SMILES string of the molecule is Cc1ccc(C(=O)CCC(=O)OC(C)C(=O)Nc2nc(-c3ccccc3)cs2)cc1. The highest BCUT2D eigenvalue weighted by Crippen LogP contribution is 2.24. The summed E-state index contributed by atoms with van der Waals surface area (Å²) in [5.74, 6) is -1.20. The smallest absolute Gasteiger partial charge is 0.307 e. The lowest BCUT2D eigenvalue weighted by molar-refractivity contribution is -0.153. The van der Waals surface area contributed by atoms with Gasteiger partial charge in [0.2, 0.25) is 0 Å². The normalized spacial score (nSPS) is 11.5. The molecule has 154 valence electrons. The molecule has 3 aromatic rings. The number of thiazole rings is 1. The van der Waals surface area contributed by atoms with Gasteiger partial charge < -0.3 is 4.74 Å². The number of hydrogen-bond donors (Lipinski definition) is 1. The number of carbonyl (C=O) groups is 3. The Hall–Kier alpha value is -3.32. The van der Waals surface area contributed by atoms with Crippen LogP contribution in [0, 0.1) is 6.92 Å². The quantitative estimate of drug-likeness (QED) is 0.422. The van der Waals surface area contributed by atoms with Gasteiger partial charge in [0, 0.05) is 22.9 Å². The number of benzene rings is 2. The summed E-state index contributed by atoms with van der Waals surface area (Å²) in [6.07, 6.45) is -1.04. The standard InChI is InChI=1S/C23H22N2O4S/c1-15-8-10-18(11-9-15)20(26)12-13-21(27)29-16(2)22(28)25-23-24-19(14-30-23)17-6-4-3-5-7-17/h3-11,14,16H,12-13H2,1-2H3,(H,24,25,28). The van der Waals surface area contributed by atoms with E-state index in [-0.39, 0.29) is 18.6 Å². The fourth-order valence-electron chi connectivity index (χ4n) is 2.69. The Kier molecular flexibility index (Phi) is 7.08. The maximum absolute atomic E-state index is 12.3. The van der Waals surface area contributed by atoms with Gasteiger partial charge in [-0.15, -0.1) is 11.3 Å². The van der Waals surface area contributed by atoms with Gasteiger partial charge in [-0.25, -0.2) is 4.98 Å². The summed E-state index contributed by atoms with van der Waals surface area (Å²) in [5, 5.41) is 4.93. The second kappa shape index (κ2) is 9.93. The summed E-state index contributed by atoms with van der Waals surface area (Å²) >= 11 is 1.29. The number of esters is 1. The van der Waals surface area contributed by atoms with Gasteiger partial charge in [-0.1, -0.05) is 60.2 Å². The lowest BCUT2D eigenvalue weighted by atomic mass is 10.1. The van der Waals surface area contributed by atoms with Crippen LogP contribution in [-0.4, -0.2) is 28.7 Å². The van der Waals surface area contributed by atoms with E-state index in [1.807, 2.05) is 54.8 Å². The fraction of sp³-hybridized carbons (Fsp3) is 0.217. The van der Waals surface area contributed by atoms with E-state index in [1.165, 1.54) is 18.3 Å². The van der Waals surface area contributed by atoms with Crippen LogP contribution < -0.4 is 5.32 Å². The molecule has 1 N–H and O–H groups in total. The number of anilines is 1. The number of ketones is 1. The molecule has 0 saturated heterocycles. The first kappa shape index (κ1) is 21.4. The van der Waals surface area contributed by atoms with Gasteiger partial charge >= 0.3 is 5.97 Å². The van der Waals surface area contributed by atoms with Crippen LogP contribution in [-0.2, 0) is 14.3 Å². The molecule has 6 nitrogen and oxygen atoms in total. The number of nitrogens with one attached hydrogen (secondary N) is 1. The average Bonchev–Trinajstić information content (AvgIpc) is 3.21. The molecule has 0 bridgehead atoms. The first-order valence-corrected chi connectivity index (χ1v) is 10.4. The van der Waals surface area contributed by atoms with E-state index in [4.69, 9.17) is 4.74 Å². The number of aromatic nitrogens is 1. The number of ether oxygens (including phenoxy) is 1. The molecule has 0 aliphatic heterocycles. The van der Waals surface area contributed by atoms with Crippen LogP contribution in [0.3, 0.4) is 0 Å². The molecule has 1 atom stereocenters. The molecule has 7 heteroatoms. The third kappa shape index (κ3) is 5.84. The van der Waals surface area contributed by atoms with Gasteiger partial charge in [-0.3, -0.25) is 19.7 Å². The summed E-state index contributed by atoms with van der Waals surface area (Å²) in [6, 6.07) is 16.8. The van der Waals surface area contributed by atoms with Crippen molar-refractivity contribution < 1.29 is 19.1 Å². The largest absolute Gasteiger partial charge is 0.453 e. The summed E-state index contributed by atoms with van der Waals surface area (Å²) in [7, 11) is 0. The molecule has 1 unspecified atom stereocenters. The van der Waals surface area contributed by atoms with Crippen LogP contribution in [0.15, 0.2) is 60.0 Å². The molecule has 1 aromatic heterocycles. The van der Waals surface area contributed by atoms with Gasteiger partial charge in [0.05, 0.1) is 12.1 Å². The predicted molar refractivity (Wildman–Crippen MR) is 116 cm³/mol. The summed E-state index contributed by atoms with van der Waals surface area (Å²) in [4.78, 5) is 40.8. The fourth-order valence-corrected chi connectivity index (χ4v) is 3.41. The van der Waals surface area contributed by atoms with Gasteiger partial charge in [-0.2, -0.15) is 0 Å². The predicted octanol–water partition coefficient (Wildman–Crippen LogP) is 4.65. The molecule has 1 heterocycles. The maximum atomic E-state index is 12.3. The lowest BCUT2D eigenvalue weighted by Gasteiger charge is -2.12. The van der Waals surface area contributed by atoms with E-state index < -0.39 is 18.0 Å². The topological polar surface area (TPSA) is 85.4 Å². The van der Waals surface area contributed by atoms with Gasteiger partial charge in [0.25, 0.3) is 5.91 Å². The molecular weight excluding hydrogens is 400 g/mol. The number of aryl methyl sites for hydroxylation is 1. The molecule has 0 aliphatic rings. The van der Waals surface area contributed by atoms with Crippen molar-refractivity contribution in [2.45, 2.75) is 32.8 Å². The Morgan fingerprint density at radius 3 is 2.43 bits per heavy atom. The molecule has 0 radical (unpaired) electrons. The van der Waals surface area contributed by atoms with Crippen molar-refractivity contribution in [3.05, 3.63) is 71.1 Å². The average molecular weight is 423 g/mol. The Bertz CT molecular complexity index is 1030. The van der Waals surface area contributed by atoms with Crippen molar-refractivity contribution in [2.75, 3.05) is 5.32 Å². The summed E-state index contributed by atoms with van der Waals surface area (Å²) in [5.41, 5.74) is 3.32. The first-order chi connectivity index (χ1) is 14.4. The Morgan fingerprint density at radius 2 is 1.73 bits per heavy atom. The highest BCUT2D eigenvalue weighted by molar-refractivity contribution is 7.14. The van der Waals surface area contributed by atoms with Gasteiger partial charge in [-0.05, 0) is 13.8 Å². The van der Waals surface area contributed by atoms with E-state index in [2.05, 4.69) is 10.3 Å². The van der Waals surface area contributed by atoms with Crippen molar-refractivity contribution in [2.24, 2.45) is 0 Å². The minimum atomic E-state index is -0.990. The lowest BCUT2D eigenvalue weighted by Crippen LogP contribution is -2.30. The Balaban J connectivity index is 1.47. The molecule has 2 aromatic carbocycles. The highest BCUT2D eigenvalue weighted by Gasteiger charge is 2.20. The minimum Gasteiger partial charge on any atom is -0.453 e. The molecule has 3 rings (SSSR count). The number of amides is 1. The van der Waals surface area contributed by atoms with Crippen LogP contribution >= 0.6 is 11.3 Å². The van der Waals surface area contributed by atoms with Crippen molar-refractivity contribution in [1.29, 1.82) is 0 Å². The summed E-state index contributed by atoms with van der Waals surface area (Å²) < 4.78 is 5.15. The van der Waals surface area contributed by atoms with E-state index in [1.54, 1.807) is 12.1 Å². The van der Waals surface area contributed by atoms with E-state index in [0.717, 1.165) is 16.8 Å². The zero-order valence-corrected chi connectivity index (χ0v) is 17.6. The van der Waals surface area contributed by atoms with Crippen LogP contribution in [0.5, 0.6) is 0 Å². The van der Waals surface area contributed by atoms with Crippen LogP contribution in [0.1, 0.15) is 35.7 Å². The maximum Gasteiger partial charge on any atom is 0.307 e. The second-order valence-corrected chi connectivity index (χ2v) is 7.67. The van der Waals surface area contributed by atoms with Crippen molar-refractivity contribution in [3.63, 3.8) is 0 Å². The third-order valence-electron chi connectivity index (χ3n) is 4.41. The third-order valence-corrected chi connectivity index (χ3v) is 5.17. The van der Waals surface area contributed by atoms with Crippen LogP contribution in [0.2, 0.25) is 0 Å². The second-order valence-electron chi connectivity index (χ2n) is 6.81. The number of carbonyl (C=O) groups excluding carboxylic acids is 3. The van der Waals surface area contributed by atoms with E-state index in [0.29, 0.717) is 10.7 Å². The molecule has 0 spiro atoms. The summed E-state index contributed by atoms with van der Waals surface area (Å²) in [6.45, 7) is 3.42. The zero-order valence-electron chi connectivity index (χ0n) is 16.8. The van der Waals surface area contributed by atoms with Crippen LogP contribution in [0.4, 0.5) is 5.13 Å². The Labute approximate surface area is 178 Å². The van der Waals surface area contributed by atoms with Gasteiger partial charge in [0.1, 0.15) is 0 Å². The number of Topliss-reactive ketones (excluding diaryl/α,β-unsaturated/α-hetero) is 1. The van der Waals surface area contributed by atoms with Crippen LogP contribution in [0.25, 0.3) is 11.3 Å². The Morgan fingerprint density at radius 1 is 1.03 bits per heavy atom. The number of hydrogen-bond acceptors (Lipinski definition) is 6. The van der Waals surface area contributed by atoms with Gasteiger partial charge in [0.15, 0.2) is 17.0 Å². The van der Waals surface area contributed by atoms with E-state index in [9.17, 15) is 14.4 Å². The van der Waals surface area contributed by atoms with Crippen molar-refractivity contribution in [3.8, 4) is 11.3 Å². The monoisotopic (exact) mass is 422 g/mol. The number of nitrogens with zero attached hydrogens (tertiary/aromatic N) is 1. The first-order valence-electron chi connectivity index (χ1n) is 9.53. The van der Waals surface area contributed by atoms with E-state index >= 15 is 0 Å². The molecule has 0 aliphatic carbocycles. The van der Waals surface area contributed by atoms with Crippen molar-refractivity contribution >= 4 is 34.1 Å². The molecule has 0 saturated carbocycles. The highest BCUT2D eigenvalue weighted by atomic mass is 32.1. The molecule has 1 amide bonds.